The summed E-state index contributed by atoms with van der Waals surface area (Å²) >= 11 is 0. The fraction of sp³-hybridized carbons (Fsp3) is 0.438. The summed E-state index contributed by atoms with van der Waals surface area (Å²) < 4.78 is 0. The van der Waals surface area contributed by atoms with Crippen LogP contribution in [0, 0.1) is 13.8 Å². The van der Waals surface area contributed by atoms with Gasteiger partial charge in [-0.15, -0.1) is 5.10 Å². The zero-order valence-electron chi connectivity index (χ0n) is 13.2. The predicted octanol–water partition coefficient (Wildman–Crippen LogP) is 3.04. The van der Waals surface area contributed by atoms with E-state index in [0.717, 1.165) is 17.0 Å². The Bertz CT molecular complexity index is 645. The molecule has 0 spiro atoms. The molecule has 0 radical (unpaired) electrons. The minimum Gasteiger partial charge on any atom is -0.343 e. The van der Waals surface area contributed by atoms with Crippen molar-refractivity contribution in [1.82, 2.24) is 20.5 Å². The number of carbonyl (C=O) groups is 1. The quantitative estimate of drug-likeness (QED) is 0.907. The lowest BCUT2D eigenvalue weighted by Gasteiger charge is -2.16. The number of aromatic amines is 1. The number of hydrogen-bond acceptors (Lipinski definition) is 3. The summed E-state index contributed by atoms with van der Waals surface area (Å²) in [6.07, 6.45) is 0. The molecular weight excluding hydrogens is 264 g/mol. The second kappa shape index (κ2) is 6.08. The highest BCUT2D eigenvalue weighted by molar-refractivity contribution is 5.90. The van der Waals surface area contributed by atoms with Crippen LogP contribution in [0.4, 0.5) is 0 Å². The lowest BCUT2D eigenvalue weighted by atomic mass is 10.00. The van der Waals surface area contributed by atoms with Crippen molar-refractivity contribution in [3.63, 3.8) is 0 Å². The molecule has 2 rings (SSSR count). The van der Waals surface area contributed by atoms with Gasteiger partial charge in [-0.05, 0) is 31.9 Å². The summed E-state index contributed by atoms with van der Waals surface area (Å²) in [5.41, 5.74) is 3.45. The van der Waals surface area contributed by atoms with Gasteiger partial charge in [-0.1, -0.05) is 37.6 Å². The van der Waals surface area contributed by atoms with Gasteiger partial charge in [-0.25, -0.2) is 4.98 Å². The van der Waals surface area contributed by atoms with Crippen LogP contribution in [0.15, 0.2) is 18.2 Å². The van der Waals surface area contributed by atoms with E-state index in [1.807, 2.05) is 34.6 Å². The van der Waals surface area contributed by atoms with Gasteiger partial charge in [0.2, 0.25) is 5.82 Å². The first kappa shape index (κ1) is 15.2. The van der Waals surface area contributed by atoms with Gasteiger partial charge in [0.15, 0.2) is 0 Å². The maximum absolute atomic E-state index is 12.2. The van der Waals surface area contributed by atoms with Crippen LogP contribution in [-0.2, 0) is 0 Å². The number of benzene rings is 1. The molecule has 21 heavy (non-hydrogen) atoms. The van der Waals surface area contributed by atoms with Crippen molar-refractivity contribution in [3.8, 4) is 0 Å². The van der Waals surface area contributed by atoms with Crippen molar-refractivity contribution >= 4 is 5.91 Å². The van der Waals surface area contributed by atoms with Gasteiger partial charge in [0.05, 0.1) is 6.04 Å². The second-order valence-electron chi connectivity index (χ2n) is 5.75. The second-order valence-corrected chi connectivity index (χ2v) is 5.75. The summed E-state index contributed by atoms with van der Waals surface area (Å²) in [6, 6.07) is 6.14. The lowest BCUT2D eigenvalue weighted by molar-refractivity contribution is 0.0929. The molecule has 5 nitrogen and oxygen atoms in total. The number of nitrogens with one attached hydrogen (secondary N) is 2. The van der Waals surface area contributed by atoms with E-state index >= 15 is 0 Å². The van der Waals surface area contributed by atoms with Crippen molar-refractivity contribution in [1.29, 1.82) is 0 Å². The Kier molecular flexibility index (Phi) is 4.40. The molecule has 1 aromatic carbocycles. The number of amides is 1. The minimum absolute atomic E-state index is 0.0848. The van der Waals surface area contributed by atoms with Gasteiger partial charge in [0, 0.05) is 5.92 Å². The van der Waals surface area contributed by atoms with Gasteiger partial charge >= 0.3 is 0 Å². The number of H-pyrrole nitrogens is 1. The molecule has 0 saturated heterocycles. The first-order valence-corrected chi connectivity index (χ1v) is 7.18. The molecule has 2 N–H and O–H groups in total. The van der Waals surface area contributed by atoms with Crippen LogP contribution < -0.4 is 5.32 Å². The first-order chi connectivity index (χ1) is 9.88. The molecule has 0 aliphatic carbocycles. The van der Waals surface area contributed by atoms with Crippen LogP contribution in [-0.4, -0.2) is 21.1 Å². The van der Waals surface area contributed by atoms with E-state index in [4.69, 9.17) is 0 Å². The Morgan fingerprint density at radius 2 is 1.95 bits per heavy atom. The number of aryl methyl sites for hydroxylation is 2. The summed E-state index contributed by atoms with van der Waals surface area (Å²) in [5.74, 6) is 0.873. The SMILES string of the molecule is Cc1ccc(C)c(C(C)NC(=O)c2n[nH]c(C(C)C)n2)c1. The van der Waals surface area contributed by atoms with E-state index in [0.29, 0.717) is 0 Å². The van der Waals surface area contributed by atoms with Gasteiger partial charge in [0.1, 0.15) is 5.82 Å². The summed E-state index contributed by atoms with van der Waals surface area (Å²) in [5, 5.41) is 9.72. The molecule has 1 unspecified atom stereocenters. The number of aromatic nitrogens is 3. The smallest absolute Gasteiger partial charge is 0.291 e. The average Bonchev–Trinajstić information content (AvgIpc) is 2.91. The molecule has 5 heteroatoms. The largest absolute Gasteiger partial charge is 0.343 e. The van der Waals surface area contributed by atoms with Crippen LogP contribution in [0.3, 0.4) is 0 Å². The Hall–Kier alpha value is -2.17. The normalized spacial score (nSPS) is 12.5. The van der Waals surface area contributed by atoms with Crippen molar-refractivity contribution in [2.75, 3.05) is 0 Å². The van der Waals surface area contributed by atoms with E-state index in [1.54, 1.807) is 0 Å². The van der Waals surface area contributed by atoms with Crippen LogP contribution in [0.2, 0.25) is 0 Å². The molecule has 0 saturated carbocycles. The fourth-order valence-electron chi connectivity index (χ4n) is 2.20. The highest BCUT2D eigenvalue weighted by Crippen LogP contribution is 2.19. The van der Waals surface area contributed by atoms with Crippen LogP contribution >= 0.6 is 0 Å². The molecule has 1 aromatic heterocycles. The average molecular weight is 286 g/mol. The van der Waals surface area contributed by atoms with Gasteiger partial charge in [0.25, 0.3) is 5.91 Å². The molecule has 1 heterocycles. The molecule has 0 aliphatic heterocycles. The lowest BCUT2D eigenvalue weighted by Crippen LogP contribution is -2.28. The maximum atomic E-state index is 12.2. The van der Waals surface area contributed by atoms with E-state index in [9.17, 15) is 4.79 Å². The van der Waals surface area contributed by atoms with E-state index in [2.05, 4.69) is 38.7 Å². The molecule has 0 bridgehead atoms. The highest BCUT2D eigenvalue weighted by Gasteiger charge is 2.17. The number of nitrogens with zero attached hydrogens (tertiary/aromatic N) is 2. The monoisotopic (exact) mass is 286 g/mol. The van der Waals surface area contributed by atoms with E-state index in [1.165, 1.54) is 5.56 Å². The Morgan fingerprint density at radius 3 is 2.57 bits per heavy atom. The van der Waals surface area contributed by atoms with Crippen LogP contribution in [0.5, 0.6) is 0 Å². The predicted molar refractivity (Wildman–Crippen MR) is 82.3 cm³/mol. The summed E-state index contributed by atoms with van der Waals surface area (Å²) in [4.78, 5) is 16.4. The standard InChI is InChI=1S/C16H22N4O/c1-9(2)14-18-15(20-19-14)16(21)17-12(5)13-8-10(3)6-7-11(13)4/h6-9,12H,1-5H3,(H,17,21)(H,18,19,20). The van der Waals surface area contributed by atoms with Crippen LogP contribution in [0.1, 0.15) is 65.9 Å². The topological polar surface area (TPSA) is 70.7 Å². The first-order valence-electron chi connectivity index (χ1n) is 7.18. The third kappa shape index (κ3) is 3.48. The zero-order valence-corrected chi connectivity index (χ0v) is 13.2. The number of rotatable bonds is 4. The zero-order chi connectivity index (χ0) is 15.6. The minimum atomic E-state index is -0.258. The Morgan fingerprint density at radius 1 is 1.24 bits per heavy atom. The maximum Gasteiger partial charge on any atom is 0.291 e. The molecule has 112 valence electrons. The summed E-state index contributed by atoms with van der Waals surface area (Å²) in [6.45, 7) is 10.1. The molecule has 2 aromatic rings. The Labute approximate surface area is 125 Å². The van der Waals surface area contributed by atoms with Crippen molar-refractivity contribution in [3.05, 3.63) is 46.5 Å². The van der Waals surface area contributed by atoms with Gasteiger partial charge < -0.3 is 5.32 Å². The summed E-state index contributed by atoms with van der Waals surface area (Å²) in [7, 11) is 0. The van der Waals surface area contributed by atoms with Gasteiger partial charge in [-0.2, -0.15) is 0 Å². The number of hydrogen-bond donors (Lipinski definition) is 2. The number of carbonyl (C=O) groups excluding carboxylic acids is 1. The third-order valence-electron chi connectivity index (χ3n) is 3.50. The molecule has 1 atom stereocenters. The molecule has 0 aliphatic rings. The van der Waals surface area contributed by atoms with Crippen LogP contribution in [0.25, 0.3) is 0 Å². The third-order valence-corrected chi connectivity index (χ3v) is 3.50. The molecule has 1 amide bonds. The van der Waals surface area contributed by atoms with Gasteiger partial charge in [-0.3, -0.25) is 9.89 Å². The molecular formula is C16H22N4O. The van der Waals surface area contributed by atoms with Crippen molar-refractivity contribution in [2.45, 2.75) is 46.6 Å². The molecule has 0 fully saturated rings. The fourth-order valence-corrected chi connectivity index (χ4v) is 2.20. The highest BCUT2D eigenvalue weighted by atomic mass is 16.2. The van der Waals surface area contributed by atoms with E-state index in [-0.39, 0.29) is 23.7 Å². The Balaban J connectivity index is 2.12. The van der Waals surface area contributed by atoms with Crippen molar-refractivity contribution in [2.24, 2.45) is 0 Å². The van der Waals surface area contributed by atoms with Crippen molar-refractivity contribution < 1.29 is 4.79 Å². The van der Waals surface area contributed by atoms with E-state index < -0.39 is 0 Å².